The fraction of sp³-hybridized carbons (Fsp3) is 0.625. The SMILES string of the molecule is CC(C)/C=C/C(=O)N(CC1CCN(Cc2ccccc2F)CC1)C[C@@H]1CCCO1. The smallest absolute Gasteiger partial charge is 0.246 e. The standard InChI is InChI=1S/C24H35FN2O2/c1-19(2)9-10-24(28)27(18-22-7-5-15-29-22)16-20-11-13-26(14-12-20)17-21-6-3-4-8-23(21)25/h3-4,6,8-10,19-20,22H,5,7,11-18H2,1-2H3/b10-9+/t22-/m0/s1. The lowest BCUT2D eigenvalue weighted by Crippen LogP contribution is -2.43. The van der Waals surface area contributed by atoms with E-state index >= 15 is 0 Å². The number of hydrogen-bond acceptors (Lipinski definition) is 3. The lowest BCUT2D eigenvalue weighted by molar-refractivity contribution is -0.128. The van der Waals surface area contributed by atoms with Crippen molar-refractivity contribution >= 4 is 5.91 Å². The first-order valence-corrected chi connectivity index (χ1v) is 11.1. The van der Waals surface area contributed by atoms with Crippen LogP contribution in [0.3, 0.4) is 0 Å². The number of halogens is 1. The van der Waals surface area contributed by atoms with E-state index in [0.717, 1.165) is 57.5 Å². The molecule has 1 amide bonds. The van der Waals surface area contributed by atoms with Gasteiger partial charge in [0.15, 0.2) is 0 Å². The third kappa shape index (κ3) is 6.93. The number of rotatable bonds is 8. The number of benzene rings is 1. The van der Waals surface area contributed by atoms with Crippen LogP contribution in [-0.2, 0) is 16.1 Å². The number of allylic oxidation sites excluding steroid dienone is 1. The molecule has 29 heavy (non-hydrogen) atoms. The average molecular weight is 403 g/mol. The van der Waals surface area contributed by atoms with E-state index in [9.17, 15) is 9.18 Å². The molecule has 1 atom stereocenters. The van der Waals surface area contributed by atoms with Crippen molar-refractivity contribution in [1.29, 1.82) is 0 Å². The van der Waals surface area contributed by atoms with E-state index in [0.29, 0.717) is 24.9 Å². The zero-order valence-corrected chi connectivity index (χ0v) is 17.9. The highest BCUT2D eigenvalue weighted by molar-refractivity contribution is 5.87. The fourth-order valence-corrected chi connectivity index (χ4v) is 4.18. The summed E-state index contributed by atoms with van der Waals surface area (Å²) < 4.78 is 19.7. The van der Waals surface area contributed by atoms with E-state index in [1.165, 1.54) is 6.07 Å². The number of carbonyl (C=O) groups excluding carboxylic acids is 1. The molecule has 2 fully saturated rings. The molecule has 0 N–H and O–H groups in total. The summed E-state index contributed by atoms with van der Waals surface area (Å²) in [6.07, 6.45) is 8.08. The second kappa shape index (κ2) is 10.9. The average Bonchev–Trinajstić information content (AvgIpc) is 3.22. The van der Waals surface area contributed by atoms with Crippen LogP contribution in [0.15, 0.2) is 36.4 Å². The van der Waals surface area contributed by atoms with E-state index in [2.05, 4.69) is 18.7 Å². The van der Waals surface area contributed by atoms with Gasteiger partial charge in [-0.05, 0) is 62.8 Å². The van der Waals surface area contributed by atoms with Crippen LogP contribution in [0.25, 0.3) is 0 Å². The molecular weight excluding hydrogens is 367 g/mol. The highest BCUT2D eigenvalue weighted by Crippen LogP contribution is 2.22. The van der Waals surface area contributed by atoms with Gasteiger partial charge in [-0.2, -0.15) is 0 Å². The van der Waals surface area contributed by atoms with Gasteiger partial charge < -0.3 is 9.64 Å². The number of amides is 1. The molecule has 0 bridgehead atoms. The maximum absolute atomic E-state index is 13.9. The predicted octanol–water partition coefficient (Wildman–Crippen LogP) is 4.26. The maximum Gasteiger partial charge on any atom is 0.246 e. The summed E-state index contributed by atoms with van der Waals surface area (Å²) in [5.41, 5.74) is 0.764. The molecule has 2 heterocycles. The fourth-order valence-electron chi connectivity index (χ4n) is 4.18. The van der Waals surface area contributed by atoms with Gasteiger partial charge in [-0.3, -0.25) is 9.69 Å². The number of likely N-dealkylation sites (tertiary alicyclic amines) is 1. The quantitative estimate of drug-likeness (QED) is 0.609. The summed E-state index contributed by atoms with van der Waals surface area (Å²) in [4.78, 5) is 17.1. The highest BCUT2D eigenvalue weighted by atomic mass is 19.1. The number of hydrogen-bond donors (Lipinski definition) is 0. The minimum atomic E-state index is -0.125. The summed E-state index contributed by atoms with van der Waals surface area (Å²) in [6, 6.07) is 7.02. The van der Waals surface area contributed by atoms with Gasteiger partial charge in [-0.15, -0.1) is 0 Å². The first-order valence-electron chi connectivity index (χ1n) is 11.1. The molecule has 4 nitrogen and oxygen atoms in total. The molecule has 1 aromatic carbocycles. The van der Waals surface area contributed by atoms with Gasteiger partial charge >= 0.3 is 0 Å². The zero-order valence-electron chi connectivity index (χ0n) is 17.9. The van der Waals surface area contributed by atoms with Crippen LogP contribution in [-0.4, -0.2) is 54.6 Å². The molecule has 3 rings (SSSR count). The second-order valence-electron chi connectivity index (χ2n) is 8.79. The Morgan fingerprint density at radius 3 is 2.66 bits per heavy atom. The topological polar surface area (TPSA) is 32.8 Å². The monoisotopic (exact) mass is 402 g/mol. The Hall–Kier alpha value is -1.72. The van der Waals surface area contributed by atoms with E-state index in [1.54, 1.807) is 12.1 Å². The molecule has 0 radical (unpaired) electrons. The summed E-state index contributed by atoms with van der Waals surface area (Å²) >= 11 is 0. The molecule has 1 aromatic rings. The summed E-state index contributed by atoms with van der Waals surface area (Å²) in [5.74, 6) is 0.831. The number of piperidine rings is 1. The molecule has 0 aliphatic carbocycles. The molecule has 0 aromatic heterocycles. The van der Waals surface area contributed by atoms with Crippen LogP contribution in [0.1, 0.15) is 45.1 Å². The Labute approximate surface area is 174 Å². The van der Waals surface area contributed by atoms with Crippen LogP contribution in [0.4, 0.5) is 4.39 Å². The van der Waals surface area contributed by atoms with Gasteiger partial charge in [0, 0.05) is 31.8 Å². The van der Waals surface area contributed by atoms with E-state index < -0.39 is 0 Å². The van der Waals surface area contributed by atoms with Crippen molar-refractivity contribution in [1.82, 2.24) is 9.80 Å². The van der Waals surface area contributed by atoms with Gasteiger partial charge in [-0.1, -0.05) is 38.1 Å². The van der Waals surface area contributed by atoms with Crippen LogP contribution < -0.4 is 0 Å². The molecular formula is C24H35FN2O2. The molecule has 2 saturated heterocycles. The third-order valence-corrected chi connectivity index (χ3v) is 5.92. The molecule has 0 saturated carbocycles. The van der Waals surface area contributed by atoms with Crippen molar-refractivity contribution in [2.24, 2.45) is 11.8 Å². The lowest BCUT2D eigenvalue weighted by atomic mass is 9.95. The number of nitrogens with zero attached hydrogens (tertiary/aromatic N) is 2. The van der Waals surface area contributed by atoms with Crippen molar-refractivity contribution in [2.45, 2.75) is 52.2 Å². The Morgan fingerprint density at radius 1 is 1.24 bits per heavy atom. The largest absolute Gasteiger partial charge is 0.376 e. The third-order valence-electron chi connectivity index (χ3n) is 5.92. The van der Waals surface area contributed by atoms with E-state index in [4.69, 9.17) is 4.74 Å². The van der Waals surface area contributed by atoms with Crippen molar-refractivity contribution in [3.05, 3.63) is 47.8 Å². The van der Waals surface area contributed by atoms with Crippen LogP contribution in [0, 0.1) is 17.7 Å². The Bertz CT molecular complexity index is 677. The maximum atomic E-state index is 13.9. The first-order chi connectivity index (χ1) is 14.0. The minimum absolute atomic E-state index is 0.1000. The normalized spacial score (nSPS) is 21.3. The summed E-state index contributed by atoms with van der Waals surface area (Å²) in [7, 11) is 0. The van der Waals surface area contributed by atoms with Gasteiger partial charge in [0.1, 0.15) is 5.82 Å². The van der Waals surface area contributed by atoms with Gasteiger partial charge in [0.2, 0.25) is 5.91 Å². The van der Waals surface area contributed by atoms with Crippen molar-refractivity contribution in [2.75, 3.05) is 32.8 Å². The second-order valence-corrected chi connectivity index (χ2v) is 8.79. The zero-order chi connectivity index (χ0) is 20.6. The van der Waals surface area contributed by atoms with Gasteiger partial charge in [-0.25, -0.2) is 4.39 Å². The molecule has 160 valence electrons. The van der Waals surface area contributed by atoms with E-state index in [1.807, 2.05) is 23.1 Å². The predicted molar refractivity (Wildman–Crippen MR) is 114 cm³/mol. The van der Waals surface area contributed by atoms with Crippen LogP contribution in [0.5, 0.6) is 0 Å². The number of carbonyl (C=O) groups is 1. The summed E-state index contributed by atoms with van der Waals surface area (Å²) in [6.45, 7) is 9.01. The van der Waals surface area contributed by atoms with Crippen molar-refractivity contribution in [3.63, 3.8) is 0 Å². The Kier molecular flexibility index (Phi) is 8.25. The van der Waals surface area contributed by atoms with E-state index in [-0.39, 0.29) is 17.8 Å². The van der Waals surface area contributed by atoms with Crippen molar-refractivity contribution in [3.8, 4) is 0 Å². The molecule has 2 aliphatic rings. The molecule has 5 heteroatoms. The summed E-state index contributed by atoms with van der Waals surface area (Å²) in [5, 5.41) is 0. The van der Waals surface area contributed by atoms with Gasteiger partial charge in [0.25, 0.3) is 0 Å². The molecule has 0 spiro atoms. The van der Waals surface area contributed by atoms with Crippen molar-refractivity contribution < 1.29 is 13.9 Å². The van der Waals surface area contributed by atoms with Gasteiger partial charge in [0.05, 0.1) is 6.10 Å². The lowest BCUT2D eigenvalue weighted by Gasteiger charge is -2.35. The molecule has 2 aliphatic heterocycles. The minimum Gasteiger partial charge on any atom is -0.376 e. The highest BCUT2D eigenvalue weighted by Gasteiger charge is 2.26. The Morgan fingerprint density at radius 2 is 2.00 bits per heavy atom. The Balaban J connectivity index is 1.52. The molecule has 0 unspecified atom stereocenters. The first kappa shape index (κ1) is 22.0. The number of ether oxygens (including phenoxy) is 1. The van der Waals surface area contributed by atoms with Crippen LogP contribution in [0.2, 0.25) is 0 Å². The van der Waals surface area contributed by atoms with Crippen LogP contribution >= 0.6 is 0 Å².